The van der Waals surface area contributed by atoms with E-state index in [2.05, 4.69) is 4.90 Å². The third-order valence-electron chi connectivity index (χ3n) is 4.97. The third-order valence-corrected chi connectivity index (χ3v) is 4.97. The smallest absolute Gasteiger partial charge is 0.315 e. The summed E-state index contributed by atoms with van der Waals surface area (Å²) in [6, 6.07) is 0. The van der Waals surface area contributed by atoms with Crippen molar-refractivity contribution in [2.24, 2.45) is 11.3 Å². The van der Waals surface area contributed by atoms with E-state index in [9.17, 15) is 9.90 Å². The lowest BCUT2D eigenvalue weighted by atomic mass is 9.66. The van der Waals surface area contributed by atoms with Crippen LogP contribution in [0.2, 0.25) is 0 Å². The van der Waals surface area contributed by atoms with E-state index in [0.29, 0.717) is 19.1 Å². The molecule has 1 aliphatic carbocycles. The first kappa shape index (κ1) is 11.5. The standard InChI is InChI=1S/C13H21NO3/c1-2-17-11(15)12(5-6-12)13(16)9-14-7-3-10(13)4-8-14/h10,16H,2-9H2,1H3. The predicted molar refractivity (Wildman–Crippen MR) is 62.4 cm³/mol. The van der Waals surface area contributed by atoms with Gasteiger partial charge in [-0.05, 0) is 51.6 Å². The fourth-order valence-corrected chi connectivity index (χ4v) is 3.79. The van der Waals surface area contributed by atoms with E-state index < -0.39 is 11.0 Å². The predicted octanol–water partition coefficient (Wildman–Crippen LogP) is 0.786. The highest BCUT2D eigenvalue weighted by Crippen LogP contribution is 2.60. The van der Waals surface area contributed by atoms with Crippen LogP contribution < -0.4 is 0 Å². The normalized spacial score (nSPS) is 42.2. The third kappa shape index (κ3) is 1.47. The van der Waals surface area contributed by atoms with Crippen molar-refractivity contribution in [3.63, 3.8) is 0 Å². The molecular weight excluding hydrogens is 218 g/mol. The lowest BCUT2D eigenvalue weighted by Crippen LogP contribution is -2.65. The minimum Gasteiger partial charge on any atom is -0.465 e. The molecule has 0 amide bonds. The van der Waals surface area contributed by atoms with Gasteiger partial charge in [0.05, 0.1) is 17.6 Å². The molecule has 96 valence electrons. The second-order valence-electron chi connectivity index (χ2n) is 5.78. The van der Waals surface area contributed by atoms with Gasteiger partial charge in [-0.1, -0.05) is 0 Å². The van der Waals surface area contributed by atoms with E-state index in [0.717, 1.165) is 38.8 Å². The Morgan fingerprint density at radius 2 is 2.06 bits per heavy atom. The Kier molecular flexibility index (Phi) is 2.49. The maximum Gasteiger partial charge on any atom is 0.315 e. The molecule has 4 nitrogen and oxygen atoms in total. The van der Waals surface area contributed by atoms with Gasteiger partial charge >= 0.3 is 5.97 Å². The van der Waals surface area contributed by atoms with Gasteiger partial charge in [-0.2, -0.15) is 0 Å². The Labute approximate surface area is 102 Å². The van der Waals surface area contributed by atoms with Gasteiger partial charge in [0.1, 0.15) is 0 Å². The number of carbonyl (C=O) groups excluding carboxylic acids is 1. The highest BCUT2D eigenvalue weighted by molar-refractivity contribution is 5.82. The van der Waals surface area contributed by atoms with Crippen LogP contribution >= 0.6 is 0 Å². The number of piperidine rings is 3. The molecule has 1 unspecified atom stereocenters. The van der Waals surface area contributed by atoms with Gasteiger partial charge in [-0.15, -0.1) is 0 Å². The van der Waals surface area contributed by atoms with E-state index in [1.165, 1.54) is 0 Å². The number of esters is 1. The van der Waals surface area contributed by atoms with Crippen molar-refractivity contribution in [3.05, 3.63) is 0 Å². The minimum absolute atomic E-state index is 0.170. The van der Waals surface area contributed by atoms with Gasteiger partial charge < -0.3 is 14.7 Å². The summed E-state index contributed by atoms with van der Waals surface area (Å²) in [6.07, 6.45) is 3.65. The highest BCUT2D eigenvalue weighted by atomic mass is 16.5. The molecule has 3 aliphatic heterocycles. The van der Waals surface area contributed by atoms with Crippen LogP contribution in [-0.2, 0) is 9.53 Å². The largest absolute Gasteiger partial charge is 0.465 e. The lowest BCUT2D eigenvalue weighted by molar-refractivity contribution is -0.187. The number of hydrogen-bond acceptors (Lipinski definition) is 4. The monoisotopic (exact) mass is 239 g/mol. The Hall–Kier alpha value is -0.610. The van der Waals surface area contributed by atoms with Crippen molar-refractivity contribution >= 4 is 5.97 Å². The van der Waals surface area contributed by atoms with Crippen LogP contribution in [-0.4, -0.2) is 47.8 Å². The molecule has 0 spiro atoms. The number of nitrogens with zero attached hydrogens (tertiary/aromatic N) is 1. The summed E-state index contributed by atoms with van der Waals surface area (Å²) in [4.78, 5) is 14.4. The SMILES string of the molecule is CCOC(=O)C1(C2(O)CN3CCC2CC3)CC1. The highest BCUT2D eigenvalue weighted by Gasteiger charge is 2.69. The molecule has 1 N–H and O–H groups in total. The summed E-state index contributed by atoms with van der Waals surface area (Å²) >= 11 is 0. The van der Waals surface area contributed by atoms with E-state index in [4.69, 9.17) is 4.74 Å². The lowest BCUT2D eigenvalue weighted by Gasteiger charge is -2.53. The van der Waals surface area contributed by atoms with Crippen LogP contribution in [0.4, 0.5) is 0 Å². The summed E-state index contributed by atoms with van der Waals surface area (Å²) in [6.45, 7) is 5.05. The molecular formula is C13H21NO3. The first-order chi connectivity index (χ1) is 8.12. The van der Waals surface area contributed by atoms with Crippen LogP contribution in [0.5, 0.6) is 0 Å². The van der Waals surface area contributed by atoms with Crippen LogP contribution in [0.15, 0.2) is 0 Å². The molecule has 0 aromatic rings. The topological polar surface area (TPSA) is 49.8 Å². The van der Waals surface area contributed by atoms with Gasteiger partial charge in [0.15, 0.2) is 0 Å². The number of rotatable bonds is 3. The fraction of sp³-hybridized carbons (Fsp3) is 0.923. The molecule has 0 aromatic carbocycles. The summed E-state index contributed by atoms with van der Waals surface area (Å²) in [5.41, 5.74) is -1.40. The molecule has 0 aromatic heterocycles. The molecule has 3 heterocycles. The molecule has 4 fully saturated rings. The number of carbonyl (C=O) groups is 1. The van der Waals surface area contributed by atoms with Crippen molar-refractivity contribution < 1.29 is 14.6 Å². The van der Waals surface area contributed by atoms with E-state index in [1.54, 1.807) is 0 Å². The minimum atomic E-state index is -0.824. The number of ether oxygens (including phenoxy) is 1. The van der Waals surface area contributed by atoms with Crippen molar-refractivity contribution in [1.29, 1.82) is 0 Å². The molecule has 4 heteroatoms. The van der Waals surface area contributed by atoms with Gasteiger partial charge in [0.25, 0.3) is 0 Å². The first-order valence-electron chi connectivity index (χ1n) is 6.74. The Bertz CT molecular complexity index is 332. The molecule has 3 saturated heterocycles. The molecule has 0 radical (unpaired) electrons. The summed E-state index contributed by atoms with van der Waals surface area (Å²) in [5.74, 6) is 0.121. The van der Waals surface area contributed by atoms with Crippen LogP contribution in [0.3, 0.4) is 0 Å². The maximum atomic E-state index is 12.1. The number of aliphatic hydroxyl groups is 1. The molecule has 2 bridgehead atoms. The zero-order valence-corrected chi connectivity index (χ0v) is 10.4. The van der Waals surface area contributed by atoms with Crippen molar-refractivity contribution in [2.45, 2.75) is 38.2 Å². The molecule has 4 rings (SSSR count). The molecule has 1 atom stereocenters. The second kappa shape index (κ2) is 3.69. The van der Waals surface area contributed by atoms with Crippen LogP contribution in [0.25, 0.3) is 0 Å². The van der Waals surface area contributed by atoms with E-state index >= 15 is 0 Å². The van der Waals surface area contributed by atoms with Gasteiger partial charge in [-0.25, -0.2) is 0 Å². The second-order valence-corrected chi connectivity index (χ2v) is 5.78. The zero-order valence-electron chi connectivity index (χ0n) is 10.4. The number of hydrogen-bond donors (Lipinski definition) is 1. The Morgan fingerprint density at radius 3 is 2.47 bits per heavy atom. The Morgan fingerprint density at radius 1 is 1.41 bits per heavy atom. The van der Waals surface area contributed by atoms with Crippen molar-refractivity contribution in [1.82, 2.24) is 4.90 Å². The average Bonchev–Trinajstić information content (AvgIpc) is 3.12. The van der Waals surface area contributed by atoms with Gasteiger partial charge in [0.2, 0.25) is 0 Å². The quantitative estimate of drug-likeness (QED) is 0.740. The summed E-state index contributed by atoms with van der Waals surface area (Å²) in [7, 11) is 0. The van der Waals surface area contributed by atoms with E-state index in [1.807, 2.05) is 6.92 Å². The summed E-state index contributed by atoms with van der Waals surface area (Å²) in [5, 5.41) is 11.0. The van der Waals surface area contributed by atoms with Crippen LogP contribution in [0, 0.1) is 11.3 Å². The average molecular weight is 239 g/mol. The van der Waals surface area contributed by atoms with Crippen molar-refractivity contribution in [2.75, 3.05) is 26.2 Å². The van der Waals surface area contributed by atoms with Gasteiger partial charge in [-0.3, -0.25) is 4.79 Å². The Balaban J connectivity index is 1.85. The molecule has 17 heavy (non-hydrogen) atoms. The molecule has 4 aliphatic rings. The number of fused-ring (bicyclic) bond motifs is 3. The fourth-order valence-electron chi connectivity index (χ4n) is 3.79. The first-order valence-corrected chi connectivity index (χ1v) is 6.74. The zero-order chi connectivity index (χ0) is 12.1. The maximum absolute atomic E-state index is 12.1. The van der Waals surface area contributed by atoms with Crippen LogP contribution in [0.1, 0.15) is 32.6 Å². The van der Waals surface area contributed by atoms with Crippen molar-refractivity contribution in [3.8, 4) is 0 Å². The van der Waals surface area contributed by atoms with E-state index in [-0.39, 0.29) is 5.97 Å². The summed E-state index contributed by atoms with van der Waals surface area (Å²) < 4.78 is 5.18. The molecule has 1 saturated carbocycles. The van der Waals surface area contributed by atoms with Gasteiger partial charge in [0, 0.05) is 6.54 Å².